The average molecular weight is 998 g/mol. The first-order valence-electron chi connectivity index (χ1n) is 24.8. The number of likely N-dealkylation sites (tertiary alicyclic amines) is 1. The summed E-state index contributed by atoms with van der Waals surface area (Å²) in [7, 11) is 3.50. The fourth-order valence-electron chi connectivity index (χ4n) is 10.1. The van der Waals surface area contributed by atoms with Crippen molar-refractivity contribution in [1.82, 2.24) is 40.2 Å². The molecule has 16 nitrogen and oxygen atoms in total. The summed E-state index contributed by atoms with van der Waals surface area (Å²) in [6.07, 6.45) is 1.98. The van der Waals surface area contributed by atoms with Crippen LogP contribution in [0.5, 0.6) is 0 Å². The van der Waals surface area contributed by atoms with Gasteiger partial charge in [0.25, 0.3) is 11.8 Å². The zero-order valence-electron chi connectivity index (χ0n) is 42.3. The Morgan fingerprint density at radius 2 is 1.54 bits per heavy atom. The zero-order chi connectivity index (χ0) is 51.5. The van der Waals surface area contributed by atoms with E-state index in [4.69, 9.17) is 0 Å². The number of rotatable bonds is 16. The van der Waals surface area contributed by atoms with E-state index in [9.17, 15) is 33.9 Å². The van der Waals surface area contributed by atoms with Gasteiger partial charge in [-0.1, -0.05) is 69.3 Å². The molecule has 6 amide bonds. The van der Waals surface area contributed by atoms with Gasteiger partial charge in [0, 0.05) is 83.0 Å². The number of aromatic nitrogens is 2. The number of β-amino-alcohol motifs (C(OH)–C–C–N with tert-alkyl or cyclic N) is 1. The van der Waals surface area contributed by atoms with Crippen molar-refractivity contribution in [2.45, 2.75) is 123 Å². The highest BCUT2D eigenvalue weighted by atomic mass is 32.1. The van der Waals surface area contributed by atoms with Gasteiger partial charge in [0.2, 0.25) is 23.6 Å². The molecule has 0 radical (unpaired) electrons. The van der Waals surface area contributed by atoms with Crippen LogP contribution in [-0.4, -0.2) is 110 Å². The summed E-state index contributed by atoms with van der Waals surface area (Å²) < 4.78 is 2.16. The Morgan fingerprint density at radius 3 is 2.17 bits per heavy atom. The second-order valence-corrected chi connectivity index (χ2v) is 21.6. The molecule has 0 unspecified atom stereocenters. The zero-order valence-corrected chi connectivity index (χ0v) is 43.1. The standard InChI is InChI=1S/C55H67N9O7S/c1-34(38-15-17-39(18-16-38)48-35(2)57-33-72-48)58-51(69)44-29-42(65)32-64(44)53(71)49(54(3,4)5)60-47(67)24-23-46(66)59-41-19-11-36(12-20-41)30-56-50(68)43-21-22-45-55(25-8-26-55)62(27-28-63(43)45)31-37-9-13-40(14-10-37)52(70)61(6)7/h9-22,33-34,42,44,49,65H,8,23-32H2,1-7H3,(H,56,68)(H,58,69)(H,59,66)(H,60,67)/t34-,42+,44-,49+/m0/s1. The summed E-state index contributed by atoms with van der Waals surface area (Å²) in [6.45, 7) is 11.7. The number of carbonyl (C=O) groups is 6. The van der Waals surface area contributed by atoms with Crippen LogP contribution in [-0.2, 0) is 44.4 Å². The normalized spacial score (nSPS) is 18.1. The number of amides is 6. The molecule has 4 atom stereocenters. The van der Waals surface area contributed by atoms with E-state index in [1.807, 2.05) is 107 Å². The SMILES string of the molecule is Cc1ncsc1-c1ccc([C@H](C)NC(=O)[C@@H]2C[C@@H](O)CN2C(=O)[C@@H](NC(=O)CCC(=O)Nc2ccc(CNC(=O)c3ccc4n3CCN(Cc3ccc(C(=O)N(C)C)cc3)C43CCC3)cc2)C(C)(C)C)cc1. The lowest BCUT2D eigenvalue weighted by Crippen LogP contribution is -2.57. The molecular weight excluding hydrogens is 931 g/mol. The molecule has 2 aliphatic heterocycles. The average Bonchev–Trinajstić information content (AvgIpc) is 4.09. The number of benzene rings is 3. The lowest BCUT2D eigenvalue weighted by Gasteiger charge is -2.53. The quantitative estimate of drug-likeness (QED) is 0.0730. The first-order chi connectivity index (χ1) is 34.3. The number of aliphatic hydroxyl groups excluding tert-OH is 1. The Balaban J connectivity index is 0.797. The first-order valence-corrected chi connectivity index (χ1v) is 25.7. The smallest absolute Gasteiger partial charge is 0.268 e. The number of aryl methyl sites for hydroxylation is 1. The highest BCUT2D eigenvalue weighted by Gasteiger charge is 2.49. The Morgan fingerprint density at radius 1 is 0.861 bits per heavy atom. The van der Waals surface area contributed by atoms with Gasteiger partial charge in [-0.15, -0.1) is 11.3 Å². The van der Waals surface area contributed by atoms with Crippen LogP contribution in [0.4, 0.5) is 5.69 Å². The molecule has 4 heterocycles. The van der Waals surface area contributed by atoms with E-state index in [0.29, 0.717) is 23.5 Å². The molecule has 8 rings (SSSR count). The Kier molecular flexibility index (Phi) is 15.5. The molecule has 3 aromatic carbocycles. The fourth-order valence-corrected chi connectivity index (χ4v) is 10.9. The van der Waals surface area contributed by atoms with Crippen molar-refractivity contribution in [1.29, 1.82) is 0 Å². The lowest BCUT2D eigenvalue weighted by atomic mass is 9.71. The summed E-state index contributed by atoms with van der Waals surface area (Å²) in [4.78, 5) is 91.1. The molecule has 5 N–H and O–H groups in total. The maximum atomic E-state index is 14.2. The van der Waals surface area contributed by atoms with Gasteiger partial charge in [0.1, 0.15) is 17.8 Å². The Hall–Kier alpha value is -6.69. The topological polar surface area (TPSA) is 198 Å². The molecule has 2 aromatic heterocycles. The highest BCUT2D eigenvalue weighted by Crippen LogP contribution is 2.49. The maximum Gasteiger partial charge on any atom is 0.268 e. The van der Waals surface area contributed by atoms with Gasteiger partial charge >= 0.3 is 0 Å². The number of aliphatic hydroxyl groups is 1. The van der Waals surface area contributed by atoms with Crippen molar-refractivity contribution in [3.63, 3.8) is 0 Å². The number of nitrogens with one attached hydrogen (secondary N) is 4. The Bertz CT molecular complexity index is 2790. The summed E-state index contributed by atoms with van der Waals surface area (Å²) in [5.41, 5.74) is 8.76. The largest absolute Gasteiger partial charge is 0.391 e. The number of hydrogen-bond acceptors (Lipinski definition) is 10. The van der Waals surface area contributed by atoms with Crippen molar-refractivity contribution in [2.75, 3.05) is 32.5 Å². The number of hydrogen-bond donors (Lipinski definition) is 5. The molecular formula is C55H67N9O7S. The van der Waals surface area contributed by atoms with Crippen molar-refractivity contribution in [3.05, 3.63) is 130 Å². The maximum absolute atomic E-state index is 14.2. The Labute approximate surface area is 425 Å². The summed E-state index contributed by atoms with van der Waals surface area (Å²) in [5.74, 6) is -1.95. The molecule has 5 aromatic rings. The minimum Gasteiger partial charge on any atom is -0.391 e. The fraction of sp³-hybridized carbons (Fsp3) is 0.436. The van der Waals surface area contributed by atoms with Gasteiger partial charge in [0.15, 0.2) is 0 Å². The summed E-state index contributed by atoms with van der Waals surface area (Å²) >= 11 is 1.56. The minimum absolute atomic E-state index is 0.0205. The van der Waals surface area contributed by atoms with Crippen molar-refractivity contribution in [3.8, 4) is 10.4 Å². The minimum atomic E-state index is -1.03. The summed E-state index contributed by atoms with van der Waals surface area (Å²) in [6, 6.07) is 24.5. The molecule has 1 aliphatic carbocycles. The van der Waals surface area contributed by atoms with E-state index in [0.717, 1.165) is 70.9 Å². The van der Waals surface area contributed by atoms with Gasteiger partial charge in [-0.05, 0) is 97.2 Å². The van der Waals surface area contributed by atoms with E-state index < -0.39 is 41.3 Å². The van der Waals surface area contributed by atoms with E-state index in [-0.39, 0.29) is 61.7 Å². The van der Waals surface area contributed by atoms with E-state index in [2.05, 4.69) is 41.8 Å². The molecule has 3 aliphatic rings. The van der Waals surface area contributed by atoms with Crippen molar-refractivity contribution in [2.24, 2.45) is 5.41 Å². The molecule has 2 fully saturated rings. The van der Waals surface area contributed by atoms with Gasteiger partial charge in [-0.3, -0.25) is 33.7 Å². The lowest BCUT2D eigenvalue weighted by molar-refractivity contribution is -0.144. The van der Waals surface area contributed by atoms with Crippen LogP contribution in [0, 0.1) is 12.3 Å². The van der Waals surface area contributed by atoms with Gasteiger partial charge in [-0.2, -0.15) is 0 Å². The molecule has 1 saturated carbocycles. The predicted octanol–water partition coefficient (Wildman–Crippen LogP) is 6.54. The molecule has 1 saturated heterocycles. The van der Waals surface area contributed by atoms with Crippen LogP contribution in [0.3, 0.4) is 0 Å². The van der Waals surface area contributed by atoms with Crippen molar-refractivity contribution >= 4 is 52.5 Å². The number of anilines is 1. The monoisotopic (exact) mass is 997 g/mol. The predicted molar refractivity (Wildman–Crippen MR) is 277 cm³/mol. The van der Waals surface area contributed by atoms with Crippen LogP contribution < -0.4 is 21.3 Å². The summed E-state index contributed by atoms with van der Waals surface area (Å²) in [5, 5.41) is 22.4. The van der Waals surface area contributed by atoms with E-state index >= 15 is 0 Å². The van der Waals surface area contributed by atoms with Gasteiger partial charge < -0.3 is 40.7 Å². The van der Waals surface area contributed by atoms with Crippen LogP contribution in [0.1, 0.15) is 121 Å². The van der Waals surface area contributed by atoms with Crippen LogP contribution >= 0.6 is 11.3 Å². The highest BCUT2D eigenvalue weighted by molar-refractivity contribution is 7.13. The molecule has 380 valence electrons. The van der Waals surface area contributed by atoms with E-state index in [1.165, 1.54) is 4.90 Å². The number of nitrogens with zero attached hydrogens (tertiary/aromatic N) is 5. The van der Waals surface area contributed by atoms with Crippen molar-refractivity contribution < 1.29 is 33.9 Å². The third kappa shape index (κ3) is 11.3. The molecule has 1 spiro atoms. The first kappa shape index (κ1) is 51.7. The number of thiazole rings is 1. The third-order valence-corrected chi connectivity index (χ3v) is 15.4. The van der Waals surface area contributed by atoms with E-state index in [1.54, 1.807) is 42.5 Å². The number of carbonyl (C=O) groups excluding carboxylic acids is 6. The van der Waals surface area contributed by atoms with Crippen LogP contribution in [0.15, 0.2) is 90.4 Å². The molecule has 17 heteroatoms. The van der Waals surface area contributed by atoms with Gasteiger partial charge in [0.05, 0.1) is 33.8 Å². The molecule has 72 heavy (non-hydrogen) atoms. The third-order valence-electron chi connectivity index (χ3n) is 14.4. The molecule has 0 bridgehead atoms. The second-order valence-electron chi connectivity index (χ2n) is 20.8. The van der Waals surface area contributed by atoms with Crippen LogP contribution in [0.2, 0.25) is 0 Å². The number of fused-ring (bicyclic) bond motifs is 2. The van der Waals surface area contributed by atoms with Gasteiger partial charge in [-0.25, -0.2) is 4.98 Å². The second kappa shape index (κ2) is 21.6. The van der Waals surface area contributed by atoms with Crippen LogP contribution in [0.25, 0.3) is 10.4 Å².